The molecule has 292 valence electrons. The van der Waals surface area contributed by atoms with Gasteiger partial charge in [0.2, 0.25) is 11.8 Å². The van der Waals surface area contributed by atoms with Gasteiger partial charge in [0.1, 0.15) is 17.9 Å². The van der Waals surface area contributed by atoms with E-state index in [4.69, 9.17) is 14.5 Å². The van der Waals surface area contributed by atoms with Crippen LogP contribution in [-0.2, 0) is 31.9 Å². The van der Waals surface area contributed by atoms with Gasteiger partial charge in [-0.05, 0) is 96.7 Å². The molecule has 2 aromatic heterocycles. The van der Waals surface area contributed by atoms with Crippen LogP contribution in [0.2, 0.25) is 0 Å². The number of nitrogens with one attached hydrogen (secondary N) is 4. The van der Waals surface area contributed by atoms with Crippen LogP contribution in [0.25, 0.3) is 33.4 Å². The number of methoxy groups -OCH3 is 2. The number of hydrogen-bond acceptors (Lipinski definition) is 7. The maximum Gasteiger partial charge on any atom is 0.407 e. The van der Waals surface area contributed by atoms with E-state index in [1.54, 1.807) is 0 Å². The van der Waals surface area contributed by atoms with Crippen molar-refractivity contribution in [2.75, 3.05) is 27.3 Å². The number of amides is 4. The average Bonchev–Trinajstić information content (AvgIpc) is 4.03. The van der Waals surface area contributed by atoms with Crippen LogP contribution >= 0.6 is 0 Å². The number of aromatic nitrogens is 3. The van der Waals surface area contributed by atoms with Gasteiger partial charge in [-0.25, -0.2) is 14.6 Å². The van der Waals surface area contributed by atoms with E-state index in [9.17, 15) is 19.2 Å². The molecule has 55 heavy (non-hydrogen) atoms. The fourth-order valence-electron chi connectivity index (χ4n) is 8.73. The van der Waals surface area contributed by atoms with Crippen LogP contribution in [-0.4, -0.2) is 88.1 Å². The lowest BCUT2D eigenvalue weighted by Gasteiger charge is -2.31. The van der Waals surface area contributed by atoms with E-state index in [2.05, 4.69) is 57.0 Å². The molecule has 13 heteroatoms. The van der Waals surface area contributed by atoms with Crippen molar-refractivity contribution in [2.24, 2.45) is 11.8 Å². The van der Waals surface area contributed by atoms with Gasteiger partial charge in [-0.1, -0.05) is 58.0 Å². The number of hydrogen-bond donors (Lipinski definition) is 4. The first-order valence-corrected chi connectivity index (χ1v) is 19.6. The third kappa shape index (κ3) is 7.40. The highest BCUT2D eigenvalue weighted by Gasteiger charge is 2.40. The van der Waals surface area contributed by atoms with Crippen molar-refractivity contribution < 1.29 is 28.7 Å². The molecule has 2 aliphatic heterocycles. The highest BCUT2D eigenvalue weighted by atomic mass is 16.5. The summed E-state index contributed by atoms with van der Waals surface area (Å²) in [4.78, 5) is 67.6. The zero-order valence-corrected chi connectivity index (χ0v) is 32.7. The van der Waals surface area contributed by atoms with E-state index in [0.29, 0.717) is 13.1 Å². The number of ether oxygens (including phenoxy) is 2. The Morgan fingerprint density at radius 2 is 1.25 bits per heavy atom. The Kier molecular flexibility index (Phi) is 10.9. The van der Waals surface area contributed by atoms with Crippen LogP contribution in [0.1, 0.15) is 94.5 Å². The molecule has 7 rings (SSSR count). The number of alkyl carbamates (subject to hydrolysis) is 2. The molecule has 3 aliphatic rings. The smallest absolute Gasteiger partial charge is 0.407 e. The molecule has 2 fully saturated rings. The number of fused-ring (bicyclic) bond motifs is 2. The summed E-state index contributed by atoms with van der Waals surface area (Å²) < 4.78 is 9.60. The second-order valence-electron chi connectivity index (χ2n) is 15.8. The molecule has 1 aliphatic carbocycles. The van der Waals surface area contributed by atoms with Gasteiger partial charge in [0, 0.05) is 24.5 Å². The van der Waals surface area contributed by atoms with E-state index < -0.39 is 24.3 Å². The highest BCUT2D eigenvalue weighted by Crippen LogP contribution is 2.43. The van der Waals surface area contributed by atoms with Crippen molar-refractivity contribution in [3.05, 3.63) is 65.1 Å². The summed E-state index contributed by atoms with van der Waals surface area (Å²) in [5, 5.41) is 5.48. The summed E-state index contributed by atoms with van der Waals surface area (Å²) in [6.45, 7) is 8.94. The number of carbonyl (C=O) groups excluding carboxylic acids is 4. The molecule has 4 amide bonds. The Morgan fingerprint density at radius 3 is 1.85 bits per heavy atom. The quantitative estimate of drug-likeness (QED) is 0.139. The van der Waals surface area contributed by atoms with Crippen LogP contribution in [0.4, 0.5) is 9.59 Å². The number of imidazole rings is 1. The Bertz CT molecular complexity index is 2070. The van der Waals surface area contributed by atoms with Crippen molar-refractivity contribution in [3.63, 3.8) is 0 Å². The van der Waals surface area contributed by atoms with Gasteiger partial charge in [-0.15, -0.1) is 0 Å². The SMILES string of the molecule is COC(=O)N[C@H](C(=O)N1CCC[C@H]1c1nc2cc(-c3ccc(-c4[nH]c([C@@H]5CCCN5C(=O)[C@@H](NC(=O)OC)C(C)C)c5c4CCC5)cc3)ccc2[nH]1)C(C)C. The standard InChI is InChI=1S/C42H53N7O6/c1-23(2)34(46-41(52)54-5)39(50)48-20-8-12-32(48)37-29-11-7-10-28(29)36(45-37)26-16-14-25(15-17-26)27-18-19-30-31(22-27)44-38(43-30)33-13-9-21-49(33)40(51)35(24(3)4)47-42(53)55-6/h14-19,22-24,32-35,45H,7-13,20-21H2,1-6H3,(H,43,44)(H,46,52)(H,47,53)/t32-,33-,34-,35-/m0/s1. The van der Waals surface area contributed by atoms with E-state index >= 15 is 0 Å². The fourth-order valence-corrected chi connectivity index (χ4v) is 8.73. The minimum atomic E-state index is -0.688. The molecule has 2 saturated heterocycles. The Morgan fingerprint density at radius 1 is 0.709 bits per heavy atom. The zero-order chi connectivity index (χ0) is 39.0. The van der Waals surface area contributed by atoms with E-state index in [0.717, 1.165) is 89.9 Å². The minimum Gasteiger partial charge on any atom is -0.453 e. The van der Waals surface area contributed by atoms with Crippen molar-refractivity contribution in [2.45, 2.75) is 96.8 Å². The van der Waals surface area contributed by atoms with Crippen LogP contribution in [0.15, 0.2) is 42.5 Å². The second kappa shape index (κ2) is 15.8. The molecule has 0 spiro atoms. The van der Waals surface area contributed by atoms with Crippen LogP contribution in [0, 0.1) is 11.8 Å². The Hall–Kier alpha value is -5.33. The molecule has 4 heterocycles. The summed E-state index contributed by atoms with van der Waals surface area (Å²) in [5.41, 5.74) is 9.84. The maximum absolute atomic E-state index is 13.9. The topological polar surface area (TPSA) is 162 Å². The predicted molar refractivity (Wildman–Crippen MR) is 209 cm³/mol. The second-order valence-corrected chi connectivity index (χ2v) is 15.8. The summed E-state index contributed by atoms with van der Waals surface area (Å²) in [6, 6.07) is 13.2. The van der Waals surface area contributed by atoms with E-state index in [1.807, 2.05) is 43.6 Å². The van der Waals surface area contributed by atoms with Crippen molar-refractivity contribution in [1.82, 2.24) is 35.4 Å². The first kappa shape index (κ1) is 38.0. The summed E-state index contributed by atoms with van der Waals surface area (Å²) in [5.74, 6) is 0.351. The minimum absolute atomic E-state index is 0.0684. The average molecular weight is 752 g/mol. The van der Waals surface area contributed by atoms with Crippen molar-refractivity contribution >= 4 is 35.0 Å². The highest BCUT2D eigenvalue weighted by molar-refractivity contribution is 5.88. The largest absolute Gasteiger partial charge is 0.453 e. The van der Waals surface area contributed by atoms with Gasteiger partial charge >= 0.3 is 12.2 Å². The lowest BCUT2D eigenvalue weighted by molar-refractivity contribution is -0.136. The van der Waals surface area contributed by atoms with Crippen molar-refractivity contribution in [1.29, 1.82) is 0 Å². The van der Waals surface area contributed by atoms with Gasteiger partial charge in [0.05, 0.1) is 37.3 Å². The van der Waals surface area contributed by atoms with E-state index in [-0.39, 0.29) is 35.7 Å². The van der Waals surface area contributed by atoms with Gasteiger partial charge < -0.3 is 39.9 Å². The molecule has 2 aromatic carbocycles. The third-order valence-electron chi connectivity index (χ3n) is 11.6. The molecular formula is C42H53N7O6. The number of nitrogens with zero attached hydrogens (tertiary/aromatic N) is 3. The van der Waals surface area contributed by atoms with Gasteiger partial charge in [0.25, 0.3) is 0 Å². The van der Waals surface area contributed by atoms with Crippen LogP contribution < -0.4 is 10.6 Å². The first-order valence-electron chi connectivity index (χ1n) is 19.6. The Labute approximate surface area is 321 Å². The van der Waals surface area contributed by atoms with Gasteiger partial charge in [0.15, 0.2) is 0 Å². The molecule has 0 unspecified atom stereocenters. The molecule has 0 bridgehead atoms. The maximum atomic E-state index is 13.9. The number of aromatic amines is 2. The number of rotatable bonds is 10. The normalized spacial score (nSPS) is 19.2. The molecule has 0 radical (unpaired) electrons. The summed E-state index contributed by atoms with van der Waals surface area (Å²) in [6.07, 6.45) is 5.25. The Balaban J connectivity index is 1.10. The lowest BCUT2D eigenvalue weighted by Crippen LogP contribution is -2.51. The molecule has 0 saturated carbocycles. The molecule has 4 N–H and O–H groups in total. The van der Waals surface area contributed by atoms with Gasteiger partial charge in [-0.3, -0.25) is 9.59 Å². The monoisotopic (exact) mass is 751 g/mol. The number of H-pyrrole nitrogens is 2. The summed E-state index contributed by atoms with van der Waals surface area (Å²) in [7, 11) is 2.61. The predicted octanol–water partition coefficient (Wildman–Crippen LogP) is 6.80. The summed E-state index contributed by atoms with van der Waals surface area (Å²) >= 11 is 0. The number of likely N-dealkylation sites (tertiary alicyclic amines) is 2. The molecule has 4 aromatic rings. The van der Waals surface area contributed by atoms with E-state index in [1.165, 1.54) is 25.3 Å². The fraction of sp³-hybridized carbons (Fsp3) is 0.500. The molecule has 13 nitrogen and oxygen atoms in total. The zero-order valence-electron chi connectivity index (χ0n) is 32.7. The van der Waals surface area contributed by atoms with Gasteiger partial charge in [-0.2, -0.15) is 0 Å². The van der Waals surface area contributed by atoms with Crippen LogP contribution in [0.3, 0.4) is 0 Å². The number of carbonyl (C=O) groups is 4. The third-order valence-corrected chi connectivity index (χ3v) is 11.6. The first-order chi connectivity index (χ1) is 26.5. The van der Waals surface area contributed by atoms with Crippen LogP contribution in [0.5, 0.6) is 0 Å². The number of benzene rings is 2. The molecule has 4 atom stereocenters. The molecular weight excluding hydrogens is 699 g/mol. The lowest BCUT2D eigenvalue weighted by atomic mass is 9.99. The van der Waals surface area contributed by atoms with Crippen molar-refractivity contribution in [3.8, 4) is 22.4 Å².